The monoisotopic (exact) mass is 276 g/mol. The minimum atomic E-state index is -0.211. The van der Waals surface area contributed by atoms with E-state index in [0.717, 1.165) is 23.9 Å². The van der Waals surface area contributed by atoms with Crippen LogP contribution in [0.4, 0.5) is 5.69 Å². The maximum atomic E-state index is 11.7. The first-order valence-electron chi connectivity index (χ1n) is 7.22. The van der Waals surface area contributed by atoms with Crippen LogP contribution in [0, 0.1) is 5.92 Å². The summed E-state index contributed by atoms with van der Waals surface area (Å²) in [5.41, 5.74) is 0.585. The van der Waals surface area contributed by atoms with Gasteiger partial charge in [0.25, 0.3) is 0 Å². The third kappa shape index (κ3) is 5.61. The number of hydrogen-bond donors (Lipinski definition) is 2. The van der Waals surface area contributed by atoms with Crippen molar-refractivity contribution in [2.75, 3.05) is 18.4 Å². The number of ether oxygens (including phenoxy) is 1. The molecule has 2 rings (SSSR count). The van der Waals surface area contributed by atoms with Gasteiger partial charge in [0.15, 0.2) is 0 Å². The summed E-state index contributed by atoms with van der Waals surface area (Å²) in [6.07, 6.45) is 2.59. The number of amides is 1. The van der Waals surface area contributed by atoms with Crippen LogP contribution in [0.15, 0.2) is 24.3 Å². The van der Waals surface area contributed by atoms with Crippen LogP contribution in [0.25, 0.3) is 0 Å². The summed E-state index contributed by atoms with van der Waals surface area (Å²) in [5.74, 6) is 1.59. The summed E-state index contributed by atoms with van der Waals surface area (Å²) in [5, 5.41) is 6.04. The molecule has 0 saturated heterocycles. The van der Waals surface area contributed by atoms with Gasteiger partial charge in [-0.2, -0.15) is 0 Å². The van der Waals surface area contributed by atoms with E-state index in [9.17, 15) is 4.79 Å². The highest BCUT2D eigenvalue weighted by Crippen LogP contribution is 2.27. The van der Waals surface area contributed by atoms with E-state index in [1.54, 1.807) is 0 Å². The minimum Gasteiger partial charge on any atom is -0.488 e. The Morgan fingerprint density at radius 1 is 1.25 bits per heavy atom. The van der Waals surface area contributed by atoms with Crippen molar-refractivity contribution in [2.45, 2.75) is 39.2 Å². The molecule has 1 aliphatic carbocycles. The molecule has 2 N–H and O–H groups in total. The van der Waals surface area contributed by atoms with Crippen molar-refractivity contribution in [2.24, 2.45) is 5.92 Å². The van der Waals surface area contributed by atoms with E-state index in [-0.39, 0.29) is 11.5 Å². The van der Waals surface area contributed by atoms with Crippen LogP contribution in [-0.4, -0.2) is 24.6 Å². The normalized spacial score (nSPS) is 14.9. The molecule has 0 radical (unpaired) electrons. The van der Waals surface area contributed by atoms with Crippen molar-refractivity contribution in [3.63, 3.8) is 0 Å². The fourth-order valence-electron chi connectivity index (χ4n) is 1.88. The summed E-state index contributed by atoms with van der Waals surface area (Å²) >= 11 is 0. The lowest BCUT2D eigenvalue weighted by Gasteiger charge is -2.21. The van der Waals surface area contributed by atoms with Crippen LogP contribution >= 0.6 is 0 Å². The van der Waals surface area contributed by atoms with Gasteiger partial charge in [-0.15, -0.1) is 0 Å². The quantitative estimate of drug-likeness (QED) is 0.840. The van der Waals surface area contributed by atoms with Crippen LogP contribution in [0.3, 0.4) is 0 Å². The molecular formula is C16H24N2O2. The Balaban J connectivity index is 1.75. The molecule has 0 atom stereocenters. The third-order valence-corrected chi connectivity index (χ3v) is 2.98. The number of rotatable bonds is 6. The van der Waals surface area contributed by atoms with E-state index in [4.69, 9.17) is 4.74 Å². The molecule has 0 aromatic heterocycles. The van der Waals surface area contributed by atoms with Crippen molar-refractivity contribution in [1.29, 1.82) is 0 Å². The zero-order valence-corrected chi connectivity index (χ0v) is 12.5. The Hall–Kier alpha value is -1.55. The van der Waals surface area contributed by atoms with Gasteiger partial charge in [-0.25, -0.2) is 0 Å². The number of hydrogen-bond acceptors (Lipinski definition) is 3. The topological polar surface area (TPSA) is 50.4 Å². The van der Waals surface area contributed by atoms with Gasteiger partial charge in [-0.1, -0.05) is 0 Å². The highest BCUT2D eigenvalue weighted by molar-refractivity contribution is 5.92. The lowest BCUT2D eigenvalue weighted by molar-refractivity contribution is -0.115. The predicted molar refractivity (Wildman–Crippen MR) is 81.0 cm³/mol. The van der Waals surface area contributed by atoms with E-state index in [2.05, 4.69) is 10.6 Å². The van der Waals surface area contributed by atoms with Gasteiger partial charge in [-0.05, 0) is 70.3 Å². The fourth-order valence-corrected chi connectivity index (χ4v) is 1.88. The Labute approximate surface area is 120 Å². The lowest BCUT2D eigenvalue weighted by Crippen LogP contribution is -2.29. The zero-order chi connectivity index (χ0) is 14.6. The molecule has 4 heteroatoms. The molecule has 1 saturated carbocycles. The lowest BCUT2D eigenvalue weighted by atomic mass is 10.2. The van der Waals surface area contributed by atoms with Crippen molar-refractivity contribution >= 4 is 11.6 Å². The molecule has 20 heavy (non-hydrogen) atoms. The molecule has 1 aliphatic rings. The highest BCUT2D eigenvalue weighted by atomic mass is 16.5. The molecule has 0 unspecified atom stereocenters. The van der Waals surface area contributed by atoms with Crippen molar-refractivity contribution < 1.29 is 9.53 Å². The molecule has 0 spiro atoms. The highest BCUT2D eigenvalue weighted by Gasteiger charge is 2.20. The van der Waals surface area contributed by atoms with Crippen molar-refractivity contribution in [1.82, 2.24) is 5.32 Å². The Morgan fingerprint density at radius 3 is 2.45 bits per heavy atom. The van der Waals surface area contributed by atoms with Crippen molar-refractivity contribution in [3.05, 3.63) is 24.3 Å². The van der Waals surface area contributed by atoms with Gasteiger partial charge < -0.3 is 15.4 Å². The number of benzene rings is 1. The van der Waals surface area contributed by atoms with E-state index in [1.165, 1.54) is 12.8 Å². The van der Waals surface area contributed by atoms with Crippen LogP contribution < -0.4 is 15.4 Å². The maximum Gasteiger partial charge on any atom is 0.238 e. The second-order valence-corrected chi connectivity index (χ2v) is 6.36. The predicted octanol–water partition coefficient (Wildman–Crippen LogP) is 2.80. The molecular weight excluding hydrogens is 252 g/mol. The van der Waals surface area contributed by atoms with Crippen LogP contribution in [0.2, 0.25) is 0 Å². The average molecular weight is 276 g/mol. The first-order valence-corrected chi connectivity index (χ1v) is 7.22. The average Bonchev–Trinajstić information content (AvgIpc) is 3.14. The van der Waals surface area contributed by atoms with E-state index < -0.39 is 0 Å². The Kier molecular flexibility index (Phi) is 4.65. The first-order chi connectivity index (χ1) is 9.42. The molecule has 0 aliphatic heterocycles. The van der Waals surface area contributed by atoms with E-state index >= 15 is 0 Å². The molecule has 1 aromatic rings. The third-order valence-electron chi connectivity index (χ3n) is 2.98. The van der Waals surface area contributed by atoms with Crippen LogP contribution in [0.1, 0.15) is 33.6 Å². The summed E-state index contributed by atoms with van der Waals surface area (Å²) < 4.78 is 5.73. The fraction of sp³-hybridized carbons (Fsp3) is 0.562. The second kappa shape index (κ2) is 6.27. The van der Waals surface area contributed by atoms with Gasteiger partial charge in [-0.3, -0.25) is 4.79 Å². The summed E-state index contributed by atoms with van der Waals surface area (Å²) in [4.78, 5) is 11.7. The molecule has 1 aromatic carbocycles. The number of carbonyl (C=O) groups is 1. The molecule has 1 amide bonds. The van der Waals surface area contributed by atoms with Gasteiger partial charge in [0.2, 0.25) is 5.91 Å². The zero-order valence-electron chi connectivity index (χ0n) is 12.5. The summed E-state index contributed by atoms with van der Waals surface area (Å²) in [7, 11) is 0. The SMILES string of the molecule is CC(C)(C)Oc1ccc(NC(=O)CNCC2CC2)cc1. The molecule has 0 bridgehead atoms. The van der Waals surface area contributed by atoms with Gasteiger partial charge in [0, 0.05) is 5.69 Å². The molecule has 1 fully saturated rings. The van der Waals surface area contributed by atoms with Crippen LogP contribution in [-0.2, 0) is 4.79 Å². The van der Waals surface area contributed by atoms with Crippen molar-refractivity contribution in [3.8, 4) is 5.75 Å². The summed E-state index contributed by atoms with van der Waals surface area (Å²) in [6.45, 7) is 7.35. The number of nitrogens with one attached hydrogen (secondary N) is 2. The maximum absolute atomic E-state index is 11.7. The number of carbonyl (C=O) groups excluding carboxylic acids is 1. The van der Waals surface area contributed by atoms with Gasteiger partial charge >= 0.3 is 0 Å². The smallest absolute Gasteiger partial charge is 0.238 e. The minimum absolute atomic E-state index is 0.00450. The second-order valence-electron chi connectivity index (χ2n) is 6.36. The molecule has 0 heterocycles. The number of anilines is 1. The first kappa shape index (κ1) is 14.9. The molecule has 4 nitrogen and oxygen atoms in total. The van der Waals surface area contributed by atoms with Gasteiger partial charge in [0.05, 0.1) is 6.54 Å². The largest absolute Gasteiger partial charge is 0.488 e. The van der Waals surface area contributed by atoms with Gasteiger partial charge in [0.1, 0.15) is 11.4 Å². The standard InChI is InChI=1S/C16H24N2O2/c1-16(2,3)20-14-8-6-13(7-9-14)18-15(19)11-17-10-12-4-5-12/h6-9,12,17H,4-5,10-11H2,1-3H3,(H,18,19). The van der Waals surface area contributed by atoms with Crippen LogP contribution in [0.5, 0.6) is 5.75 Å². The Morgan fingerprint density at radius 2 is 1.90 bits per heavy atom. The Bertz CT molecular complexity index is 445. The van der Waals surface area contributed by atoms with E-state index in [0.29, 0.717) is 6.54 Å². The van der Waals surface area contributed by atoms with E-state index in [1.807, 2.05) is 45.0 Å². The summed E-state index contributed by atoms with van der Waals surface area (Å²) in [6, 6.07) is 7.47. The molecule has 110 valence electrons.